The van der Waals surface area contributed by atoms with E-state index >= 15 is 0 Å². The number of ether oxygens (including phenoxy) is 1. The van der Waals surface area contributed by atoms with E-state index in [4.69, 9.17) is 4.74 Å². The van der Waals surface area contributed by atoms with Crippen LogP contribution in [0.4, 0.5) is 0 Å². The van der Waals surface area contributed by atoms with Crippen LogP contribution in [0.3, 0.4) is 0 Å². The van der Waals surface area contributed by atoms with E-state index in [2.05, 4.69) is 24.2 Å². The molecule has 3 aromatic rings. The third-order valence-corrected chi connectivity index (χ3v) is 4.68. The predicted octanol–water partition coefficient (Wildman–Crippen LogP) is 3.33. The van der Waals surface area contributed by atoms with Crippen LogP contribution in [-0.2, 0) is 0 Å². The Balaban J connectivity index is 1.40. The first kappa shape index (κ1) is 15.7. The van der Waals surface area contributed by atoms with Crippen molar-refractivity contribution in [1.29, 1.82) is 0 Å². The highest BCUT2D eigenvalue weighted by atomic mass is 16.5. The quantitative estimate of drug-likeness (QED) is 0.738. The molecule has 1 aromatic carbocycles. The van der Waals surface area contributed by atoms with E-state index < -0.39 is 0 Å². The summed E-state index contributed by atoms with van der Waals surface area (Å²) < 4.78 is 7.81. The van der Waals surface area contributed by atoms with E-state index in [1.165, 1.54) is 5.56 Å². The maximum absolute atomic E-state index is 12.8. The molecule has 0 radical (unpaired) electrons. The molecule has 0 N–H and O–H groups in total. The second kappa shape index (κ2) is 6.59. The summed E-state index contributed by atoms with van der Waals surface area (Å²) in [5.74, 6) is 0.961. The Kier molecular flexibility index (Phi) is 4.14. The van der Waals surface area contributed by atoms with Crippen LogP contribution < -0.4 is 4.74 Å². The van der Waals surface area contributed by atoms with Crippen molar-refractivity contribution in [3.05, 3.63) is 66.0 Å². The second-order valence-electron chi connectivity index (χ2n) is 6.51. The van der Waals surface area contributed by atoms with Gasteiger partial charge in [0, 0.05) is 32.1 Å². The van der Waals surface area contributed by atoms with Gasteiger partial charge in [-0.2, -0.15) is 5.10 Å². The number of piperidine rings is 1. The molecule has 0 saturated carbocycles. The van der Waals surface area contributed by atoms with Gasteiger partial charge in [-0.1, -0.05) is 18.2 Å². The van der Waals surface area contributed by atoms with Crippen molar-refractivity contribution < 1.29 is 9.53 Å². The van der Waals surface area contributed by atoms with Gasteiger partial charge in [0.15, 0.2) is 0 Å². The number of nitrogens with zero attached hydrogens (tertiary/aromatic N) is 3. The normalized spacial score (nSPS) is 15.5. The fraction of sp³-hybridized carbons (Fsp3) is 0.300. The second-order valence-corrected chi connectivity index (χ2v) is 6.51. The Morgan fingerprint density at radius 2 is 2.00 bits per heavy atom. The van der Waals surface area contributed by atoms with Crippen LogP contribution in [0.15, 0.2) is 54.9 Å². The number of fused-ring (bicyclic) bond motifs is 1. The van der Waals surface area contributed by atoms with Crippen LogP contribution in [0, 0.1) is 6.92 Å². The number of rotatable bonds is 3. The zero-order valence-electron chi connectivity index (χ0n) is 14.3. The van der Waals surface area contributed by atoms with Gasteiger partial charge in [-0.25, -0.2) is 4.52 Å². The van der Waals surface area contributed by atoms with Crippen LogP contribution in [-0.4, -0.2) is 39.6 Å². The van der Waals surface area contributed by atoms with Crippen molar-refractivity contribution in [3.63, 3.8) is 0 Å². The lowest BCUT2D eigenvalue weighted by atomic mass is 10.1. The summed E-state index contributed by atoms with van der Waals surface area (Å²) in [5.41, 5.74) is 2.71. The molecule has 0 spiro atoms. The molecule has 4 rings (SSSR count). The monoisotopic (exact) mass is 335 g/mol. The Morgan fingerprint density at radius 1 is 1.16 bits per heavy atom. The number of amides is 1. The van der Waals surface area contributed by atoms with E-state index in [-0.39, 0.29) is 12.0 Å². The number of aryl methyl sites for hydroxylation is 1. The van der Waals surface area contributed by atoms with Crippen molar-refractivity contribution in [3.8, 4) is 5.75 Å². The number of benzene rings is 1. The van der Waals surface area contributed by atoms with Crippen molar-refractivity contribution in [2.75, 3.05) is 13.1 Å². The number of hydrogen-bond acceptors (Lipinski definition) is 3. The van der Waals surface area contributed by atoms with Gasteiger partial charge in [0.05, 0.1) is 17.3 Å². The van der Waals surface area contributed by atoms with Gasteiger partial charge in [-0.3, -0.25) is 4.79 Å². The number of carbonyl (C=O) groups is 1. The summed E-state index contributed by atoms with van der Waals surface area (Å²) in [4.78, 5) is 14.7. The fourth-order valence-corrected chi connectivity index (χ4v) is 3.33. The Labute approximate surface area is 146 Å². The van der Waals surface area contributed by atoms with Gasteiger partial charge < -0.3 is 9.64 Å². The van der Waals surface area contributed by atoms with Crippen molar-refractivity contribution in [1.82, 2.24) is 14.5 Å². The molecule has 3 heterocycles. The number of aromatic nitrogens is 2. The average molecular weight is 335 g/mol. The molecule has 25 heavy (non-hydrogen) atoms. The fourth-order valence-electron chi connectivity index (χ4n) is 3.33. The molecule has 5 heteroatoms. The lowest BCUT2D eigenvalue weighted by molar-refractivity contribution is 0.0597. The van der Waals surface area contributed by atoms with E-state index in [0.717, 1.165) is 24.1 Å². The molecule has 0 atom stereocenters. The van der Waals surface area contributed by atoms with E-state index in [0.29, 0.717) is 18.7 Å². The SMILES string of the molecule is Cc1cccc(OC2CCN(C(=O)c3cnn4ccccc34)CC2)c1. The van der Waals surface area contributed by atoms with Crippen LogP contribution in [0.5, 0.6) is 5.75 Å². The lowest BCUT2D eigenvalue weighted by Crippen LogP contribution is -2.41. The number of pyridine rings is 1. The highest BCUT2D eigenvalue weighted by Gasteiger charge is 2.26. The molecule has 0 aliphatic carbocycles. The summed E-state index contributed by atoms with van der Waals surface area (Å²) in [7, 11) is 0. The number of carbonyl (C=O) groups excluding carboxylic acids is 1. The third kappa shape index (κ3) is 3.22. The third-order valence-electron chi connectivity index (χ3n) is 4.68. The Morgan fingerprint density at radius 3 is 2.80 bits per heavy atom. The molecule has 5 nitrogen and oxygen atoms in total. The van der Waals surface area contributed by atoms with Gasteiger partial charge in [0.2, 0.25) is 0 Å². The van der Waals surface area contributed by atoms with Crippen molar-refractivity contribution in [2.45, 2.75) is 25.9 Å². The topological polar surface area (TPSA) is 46.8 Å². The first-order chi connectivity index (χ1) is 12.2. The van der Waals surface area contributed by atoms with Crippen molar-refractivity contribution >= 4 is 11.4 Å². The molecular weight excluding hydrogens is 314 g/mol. The molecule has 1 aliphatic rings. The molecule has 1 saturated heterocycles. The van der Waals surface area contributed by atoms with E-state index in [9.17, 15) is 4.79 Å². The van der Waals surface area contributed by atoms with Gasteiger partial charge in [0.1, 0.15) is 11.9 Å². The maximum Gasteiger partial charge on any atom is 0.257 e. The summed E-state index contributed by atoms with van der Waals surface area (Å²) >= 11 is 0. The van der Waals surface area contributed by atoms with Crippen LogP contribution in [0.25, 0.3) is 5.52 Å². The summed E-state index contributed by atoms with van der Waals surface area (Å²) in [6, 6.07) is 13.9. The standard InChI is InChI=1S/C20H21N3O2/c1-15-5-4-6-17(13-15)25-16-8-11-22(12-9-16)20(24)18-14-21-23-10-3-2-7-19(18)23/h2-7,10,13-14,16H,8-9,11-12H2,1H3. The summed E-state index contributed by atoms with van der Waals surface area (Å²) in [6.07, 6.45) is 5.37. The highest BCUT2D eigenvalue weighted by Crippen LogP contribution is 2.22. The molecule has 1 fully saturated rings. The molecule has 1 aliphatic heterocycles. The zero-order valence-corrected chi connectivity index (χ0v) is 14.3. The van der Waals surface area contributed by atoms with Gasteiger partial charge in [0.25, 0.3) is 5.91 Å². The molecule has 128 valence electrons. The molecule has 0 bridgehead atoms. The smallest absolute Gasteiger partial charge is 0.257 e. The minimum atomic E-state index is 0.0511. The predicted molar refractivity (Wildman–Crippen MR) is 95.9 cm³/mol. The van der Waals surface area contributed by atoms with Crippen LogP contribution >= 0.6 is 0 Å². The van der Waals surface area contributed by atoms with Crippen molar-refractivity contribution in [2.24, 2.45) is 0 Å². The number of likely N-dealkylation sites (tertiary alicyclic amines) is 1. The molecule has 0 unspecified atom stereocenters. The van der Waals surface area contributed by atoms with Crippen LogP contribution in [0.1, 0.15) is 28.8 Å². The average Bonchev–Trinajstić information content (AvgIpc) is 3.06. The first-order valence-electron chi connectivity index (χ1n) is 8.66. The molecule has 2 aromatic heterocycles. The largest absolute Gasteiger partial charge is 0.490 e. The van der Waals surface area contributed by atoms with Gasteiger partial charge in [-0.15, -0.1) is 0 Å². The minimum absolute atomic E-state index is 0.0511. The van der Waals surface area contributed by atoms with E-state index in [1.807, 2.05) is 41.4 Å². The Hall–Kier alpha value is -2.82. The maximum atomic E-state index is 12.8. The van der Waals surface area contributed by atoms with E-state index in [1.54, 1.807) is 10.7 Å². The van der Waals surface area contributed by atoms with Gasteiger partial charge >= 0.3 is 0 Å². The summed E-state index contributed by atoms with van der Waals surface area (Å²) in [6.45, 7) is 3.48. The van der Waals surface area contributed by atoms with Gasteiger partial charge in [-0.05, 0) is 36.8 Å². The highest BCUT2D eigenvalue weighted by molar-refractivity contribution is 6.00. The Bertz CT molecular complexity index is 895. The lowest BCUT2D eigenvalue weighted by Gasteiger charge is -2.32. The first-order valence-corrected chi connectivity index (χ1v) is 8.66. The molecule has 1 amide bonds. The zero-order chi connectivity index (χ0) is 17.2. The minimum Gasteiger partial charge on any atom is -0.490 e. The number of hydrogen-bond donors (Lipinski definition) is 0. The molecular formula is C20H21N3O2. The summed E-state index contributed by atoms with van der Waals surface area (Å²) in [5, 5.41) is 4.26. The van der Waals surface area contributed by atoms with Crippen LogP contribution in [0.2, 0.25) is 0 Å².